The monoisotopic (exact) mass is 413 g/mol. The van der Waals surface area contributed by atoms with Crippen LogP contribution in [0.2, 0.25) is 0 Å². The molecule has 0 spiro atoms. The Labute approximate surface area is 171 Å². The van der Waals surface area contributed by atoms with Gasteiger partial charge >= 0.3 is 5.97 Å². The van der Waals surface area contributed by atoms with Crippen molar-refractivity contribution >= 4 is 51.9 Å². The lowest BCUT2D eigenvalue weighted by molar-refractivity contribution is -0.147. The van der Waals surface area contributed by atoms with E-state index in [1.807, 2.05) is 35.0 Å². The van der Waals surface area contributed by atoms with Crippen molar-refractivity contribution in [2.24, 2.45) is 0 Å². The van der Waals surface area contributed by atoms with E-state index in [0.29, 0.717) is 17.0 Å². The predicted molar refractivity (Wildman–Crippen MR) is 114 cm³/mol. The van der Waals surface area contributed by atoms with Gasteiger partial charge < -0.3 is 14.8 Å². The second-order valence-corrected chi connectivity index (χ2v) is 7.71. The topological polar surface area (TPSA) is 64.6 Å². The maximum Gasteiger partial charge on any atom is 0.340 e. The van der Waals surface area contributed by atoms with Crippen LogP contribution in [0, 0.1) is 0 Å². The van der Waals surface area contributed by atoms with Crippen molar-refractivity contribution in [2.75, 3.05) is 12.4 Å². The Balaban J connectivity index is 1.73. The quantitative estimate of drug-likeness (QED) is 0.441. The summed E-state index contributed by atoms with van der Waals surface area (Å²) in [6.45, 7) is 1.54. The maximum atomic E-state index is 12.8. The fraction of sp³-hybridized carbons (Fsp3) is 0.143. The number of amides is 1. The number of carbonyl (C=O) groups is 2. The lowest BCUT2D eigenvalue weighted by Crippen LogP contribution is -2.30. The highest BCUT2D eigenvalue weighted by Crippen LogP contribution is 2.27. The number of benzene rings is 1. The van der Waals surface area contributed by atoms with Crippen molar-refractivity contribution in [2.45, 2.75) is 13.0 Å². The predicted octanol–water partition coefficient (Wildman–Crippen LogP) is 4.93. The molecule has 144 valence electrons. The highest BCUT2D eigenvalue weighted by atomic mass is 32.1. The number of nitrogens with one attached hydrogen (secondary N) is 1. The Hall–Kier alpha value is -2.90. The molecule has 7 heteroatoms. The Bertz CT molecular complexity index is 962. The summed E-state index contributed by atoms with van der Waals surface area (Å²) < 4.78 is 10.7. The second kappa shape index (κ2) is 9.34. The van der Waals surface area contributed by atoms with Crippen molar-refractivity contribution in [3.05, 3.63) is 69.0 Å². The van der Waals surface area contributed by atoms with Gasteiger partial charge in [-0.15, -0.1) is 22.7 Å². The molecule has 0 aliphatic rings. The number of hydrogen-bond acceptors (Lipinski definition) is 6. The van der Waals surface area contributed by atoms with E-state index in [4.69, 9.17) is 9.47 Å². The van der Waals surface area contributed by atoms with Crippen LogP contribution >= 0.6 is 22.7 Å². The van der Waals surface area contributed by atoms with Gasteiger partial charge in [-0.3, -0.25) is 4.79 Å². The number of methoxy groups -OCH3 is 1. The van der Waals surface area contributed by atoms with Crippen LogP contribution in [-0.2, 0) is 14.3 Å². The summed E-state index contributed by atoms with van der Waals surface area (Å²) in [5.41, 5.74) is 0.944. The van der Waals surface area contributed by atoms with Crippen LogP contribution in [-0.4, -0.2) is 25.1 Å². The molecular formula is C21H19NO4S2. The van der Waals surface area contributed by atoms with Gasteiger partial charge in [0, 0.05) is 9.75 Å². The molecule has 3 aromatic rings. The normalized spacial score (nSPS) is 12.3. The van der Waals surface area contributed by atoms with Crippen molar-refractivity contribution in [3.8, 4) is 5.75 Å². The lowest BCUT2D eigenvalue weighted by atomic mass is 10.2. The lowest BCUT2D eigenvalue weighted by Gasteiger charge is -2.16. The van der Waals surface area contributed by atoms with Crippen LogP contribution in [0.25, 0.3) is 11.6 Å². The van der Waals surface area contributed by atoms with E-state index in [-0.39, 0.29) is 0 Å². The van der Waals surface area contributed by atoms with Crippen LogP contribution in [0.15, 0.2) is 59.3 Å². The molecule has 0 saturated heterocycles. The van der Waals surface area contributed by atoms with Gasteiger partial charge in [-0.25, -0.2) is 4.79 Å². The fourth-order valence-corrected chi connectivity index (χ4v) is 3.83. The number of hydrogen-bond donors (Lipinski definition) is 1. The number of rotatable bonds is 7. The third-order valence-electron chi connectivity index (χ3n) is 3.85. The number of para-hydroxylation sites is 2. The molecule has 1 aromatic carbocycles. The van der Waals surface area contributed by atoms with Crippen LogP contribution < -0.4 is 10.1 Å². The standard InChI is InChI=1S/C21H19NO4S2/c1-14(20(23)22-17-8-3-4-9-18(17)25-2)26-21(24)16(19-10-6-12-28-19)13-15-7-5-11-27-15/h3-14H,1-2H3,(H,22,23)/b16-13+/t14-/m0/s1. The van der Waals surface area contributed by atoms with Crippen molar-refractivity contribution in [3.63, 3.8) is 0 Å². The Morgan fingerprint density at radius 3 is 2.46 bits per heavy atom. The van der Waals surface area contributed by atoms with E-state index in [0.717, 1.165) is 9.75 Å². The van der Waals surface area contributed by atoms with Gasteiger partial charge in [0.15, 0.2) is 6.10 Å². The number of carbonyl (C=O) groups excluding carboxylic acids is 2. The van der Waals surface area contributed by atoms with Crippen LogP contribution in [0.3, 0.4) is 0 Å². The SMILES string of the molecule is COc1ccccc1NC(=O)[C@H](C)OC(=O)/C(=C/c1cccs1)c1cccs1. The van der Waals surface area contributed by atoms with E-state index in [1.165, 1.54) is 29.8 Å². The minimum Gasteiger partial charge on any atom is -0.495 e. The molecule has 5 nitrogen and oxygen atoms in total. The Kier molecular flexibility index (Phi) is 6.62. The Morgan fingerprint density at radius 2 is 1.79 bits per heavy atom. The highest BCUT2D eigenvalue weighted by Gasteiger charge is 2.23. The molecular weight excluding hydrogens is 394 g/mol. The van der Waals surface area contributed by atoms with Crippen LogP contribution in [0.5, 0.6) is 5.75 Å². The smallest absolute Gasteiger partial charge is 0.340 e. The summed E-state index contributed by atoms with van der Waals surface area (Å²) in [4.78, 5) is 27.0. The zero-order valence-corrected chi connectivity index (χ0v) is 17.0. The van der Waals surface area contributed by atoms with Gasteiger partial charge in [0.25, 0.3) is 5.91 Å². The van der Waals surface area contributed by atoms with Crippen molar-refractivity contribution in [1.29, 1.82) is 0 Å². The third-order valence-corrected chi connectivity index (χ3v) is 5.58. The van der Waals surface area contributed by atoms with E-state index in [9.17, 15) is 9.59 Å². The first-order chi connectivity index (χ1) is 13.6. The number of ether oxygens (including phenoxy) is 2. The van der Waals surface area contributed by atoms with Gasteiger partial charge in [0.05, 0.1) is 18.4 Å². The van der Waals surface area contributed by atoms with E-state index in [2.05, 4.69) is 5.32 Å². The molecule has 28 heavy (non-hydrogen) atoms. The second-order valence-electron chi connectivity index (χ2n) is 5.79. The summed E-state index contributed by atoms with van der Waals surface area (Å²) in [5.74, 6) is -0.440. The minimum absolute atomic E-state index is 0.425. The zero-order valence-electron chi connectivity index (χ0n) is 15.4. The molecule has 0 radical (unpaired) electrons. The third kappa shape index (κ3) is 4.88. The van der Waals surface area contributed by atoms with Gasteiger partial charge in [-0.1, -0.05) is 24.3 Å². The molecule has 0 aliphatic heterocycles. The molecule has 1 N–H and O–H groups in total. The summed E-state index contributed by atoms with van der Waals surface area (Å²) in [6, 6.07) is 14.6. The first-order valence-corrected chi connectivity index (χ1v) is 10.3. The van der Waals surface area contributed by atoms with Gasteiger partial charge in [-0.05, 0) is 48.0 Å². The largest absolute Gasteiger partial charge is 0.495 e. The van der Waals surface area contributed by atoms with Crippen molar-refractivity contribution in [1.82, 2.24) is 0 Å². The molecule has 1 amide bonds. The van der Waals surface area contributed by atoms with Crippen molar-refractivity contribution < 1.29 is 19.1 Å². The first kappa shape index (κ1) is 19.9. The summed E-state index contributed by atoms with van der Waals surface area (Å²) in [6.07, 6.45) is 0.813. The molecule has 0 aliphatic carbocycles. The Morgan fingerprint density at radius 1 is 1.04 bits per heavy atom. The number of esters is 1. The molecule has 0 unspecified atom stereocenters. The number of anilines is 1. The molecule has 2 heterocycles. The molecule has 3 rings (SSSR count). The van der Waals surface area contributed by atoms with Crippen LogP contribution in [0.4, 0.5) is 5.69 Å². The average molecular weight is 414 g/mol. The summed E-state index contributed by atoms with van der Waals surface area (Å²) in [7, 11) is 1.52. The van der Waals surface area contributed by atoms with E-state index < -0.39 is 18.0 Å². The zero-order chi connectivity index (χ0) is 19.9. The summed E-state index contributed by atoms with van der Waals surface area (Å²) >= 11 is 2.97. The number of thiophene rings is 2. The molecule has 0 saturated carbocycles. The molecule has 0 fully saturated rings. The minimum atomic E-state index is -0.968. The van der Waals surface area contributed by atoms with E-state index in [1.54, 1.807) is 37.3 Å². The summed E-state index contributed by atoms with van der Waals surface area (Å²) in [5, 5.41) is 6.56. The molecule has 1 atom stereocenters. The highest BCUT2D eigenvalue weighted by molar-refractivity contribution is 7.12. The van der Waals surface area contributed by atoms with Crippen LogP contribution in [0.1, 0.15) is 16.7 Å². The maximum absolute atomic E-state index is 12.8. The van der Waals surface area contributed by atoms with Gasteiger partial charge in [-0.2, -0.15) is 0 Å². The van der Waals surface area contributed by atoms with E-state index >= 15 is 0 Å². The molecule has 2 aromatic heterocycles. The van der Waals surface area contributed by atoms with Gasteiger partial charge in [0.1, 0.15) is 5.75 Å². The first-order valence-electron chi connectivity index (χ1n) is 8.52. The fourth-order valence-electron chi connectivity index (χ4n) is 2.44. The molecule has 0 bridgehead atoms. The van der Waals surface area contributed by atoms with Gasteiger partial charge in [0.2, 0.25) is 0 Å². The average Bonchev–Trinajstić information content (AvgIpc) is 3.40.